The third-order valence-electron chi connectivity index (χ3n) is 4.21. The Morgan fingerprint density at radius 2 is 1.68 bits per heavy atom. The number of carbonyl (C=O) groups excluding carboxylic acids is 1. The Morgan fingerprint density at radius 1 is 1.00 bits per heavy atom. The van der Waals surface area contributed by atoms with E-state index < -0.39 is 0 Å². The van der Waals surface area contributed by atoms with Gasteiger partial charge in [-0.3, -0.25) is 10.1 Å². The van der Waals surface area contributed by atoms with Gasteiger partial charge in [0.2, 0.25) is 5.13 Å². The number of nitrogens with zero attached hydrogens (tertiary/aromatic N) is 2. The maximum Gasteiger partial charge on any atom is 0.257 e. The Bertz CT molecular complexity index is 968. The Hall–Kier alpha value is -2.99. The average molecular weight is 394 g/mol. The van der Waals surface area contributed by atoms with Crippen molar-refractivity contribution in [3.8, 4) is 5.75 Å². The van der Waals surface area contributed by atoms with Crippen LogP contribution in [0.2, 0.25) is 0 Å². The van der Waals surface area contributed by atoms with Gasteiger partial charge in [0.05, 0.1) is 7.11 Å². The highest BCUT2D eigenvalue weighted by Gasteiger charge is 2.15. The number of methoxy groups -OCH3 is 1. The molecule has 1 aromatic heterocycles. The molecule has 0 radical (unpaired) electrons. The molecule has 0 fully saturated rings. The summed E-state index contributed by atoms with van der Waals surface area (Å²) in [6, 6.07) is 15.4. The first kappa shape index (κ1) is 19.8. The van der Waals surface area contributed by atoms with Crippen molar-refractivity contribution in [2.24, 2.45) is 0 Å². The third-order valence-corrected chi connectivity index (χ3v) is 5.01. The molecular formula is C22H23N3O2S. The lowest BCUT2D eigenvalue weighted by Crippen LogP contribution is -2.14. The molecule has 0 aliphatic rings. The van der Waals surface area contributed by atoms with E-state index in [1.54, 1.807) is 7.11 Å². The van der Waals surface area contributed by atoms with Gasteiger partial charge in [-0.15, -0.1) is 10.2 Å². The second kappa shape index (κ2) is 8.35. The van der Waals surface area contributed by atoms with E-state index in [9.17, 15) is 4.79 Å². The lowest BCUT2D eigenvalue weighted by Gasteiger charge is -2.18. The molecular weight excluding hydrogens is 370 g/mol. The topological polar surface area (TPSA) is 64.1 Å². The van der Waals surface area contributed by atoms with E-state index in [-0.39, 0.29) is 11.3 Å². The largest absolute Gasteiger partial charge is 0.497 e. The summed E-state index contributed by atoms with van der Waals surface area (Å²) >= 11 is 1.32. The van der Waals surface area contributed by atoms with E-state index in [2.05, 4.69) is 36.3 Å². The van der Waals surface area contributed by atoms with Gasteiger partial charge in [0.25, 0.3) is 5.91 Å². The van der Waals surface area contributed by atoms with E-state index >= 15 is 0 Å². The molecule has 28 heavy (non-hydrogen) atoms. The van der Waals surface area contributed by atoms with Crippen LogP contribution in [0.3, 0.4) is 0 Å². The minimum Gasteiger partial charge on any atom is -0.497 e. The van der Waals surface area contributed by atoms with E-state index in [0.29, 0.717) is 15.7 Å². The molecule has 3 aromatic rings. The second-order valence-electron chi connectivity index (χ2n) is 7.33. The number of carbonyl (C=O) groups is 1. The number of ether oxygens (including phenoxy) is 1. The van der Waals surface area contributed by atoms with Gasteiger partial charge in [0.15, 0.2) is 0 Å². The van der Waals surface area contributed by atoms with Crippen LogP contribution in [0, 0.1) is 0 Å². The summed E-state index contributed by atoms with van der Waals surface area (Å²) in [5.41, 5.74) is 2.87. The number of nitrogens with one attached hydrogen (secondary N) is 1. The monoisotopic (exact) mass is 393 g/mol. The molecule has 0 atom stereocenters. The predicted octanol–water partition coefficient (Wildman–Crippen LogP) is 5.27. The van der Waals surface area contributed by atoms with Crippen LogP contribution in [0.4, 0.5) is 5.13 Å². The molecule has 1 amide bonds. The number of anilines is 1. The number of aromatic nitrogens is 2. The van der Waals surface area contributed by atoms with Gasteiger partial charge in [-0.1, -0.05) is 62.4 Å². The van der Waals surface area contributed by atoms with Crippen molar-refractivity contribution >= 4 is 34.5 Å². The lowest BCUT2D eigenvalue weighted by atomic mass is 9.87. The van der Waals surface area contributed by atoms with Crippen LogP contribution in [-0.4, -0.2) is 23.2 Å². The summed E-state index contributed by atoms with van der Waals surface area (Å²) in [6.45, 7) is 6.43. The average Bonchev–Trinajstić information content (AvgIpc) is 3.13. The highest BCUT2D eigenvalue weighted by atomic mass is 32.1. The Kier molecular flexibility index (Phi) is 5.90. The van der Waals surface area contributed by atoms with Crippen LogP contribution in [0.25, 0.3) is 12.2 Å². The molecule has 144 valence electrons. The van der Waals surface area contributed by atoms with Gasteiger partial charge >= 0.3 is 0 Å². The van der Waals surface area contributed by atoms with Crippen molar-refractivity contribution in [1.82, 2.24) is 10.2 Å². The highest BCUT2D eigenvalue weighted by molar-refractivity contribution is 7.16. The molecule has 0 spiro atoms. The molecule has 0 saturated heterocycles. The van der Waals surface area contributed by atoms with Crippen LogP contribution in [0.5, 0.6) is 5.75 Å². The van der Waals surface area contributed by atoms with E-state index in [1.807, 2.05) is 60.7 Å². The van der Waals surface area contributed by atoms with E-state index in [0.717, 1.165) is 11.3 Å². The number of benzene rings is 2. The molecule has 0 saturated carbocycles. The molecule has 6 heteroatoms. The van der Waals surface area contributed by atoms with Gasteiger partial charge in [0.1, 0.15) is 10.8 Å². The Balaban J connectivity index is 1.63. The molecule has 1 N–H and O–H groups in total. The van der Waals surface area contributed by atoms with Crippen LogP contribution in [-0.2, 0) is 5.41 Å². The van der Waals surface area contributed by atoms with Crippen LogP contribution < -0.4 is 10.1 Å². The van der Waals surface area contributed by atoms with Crippen molar-refractivity contribution in [3.05, 3.63) is 70.2 Å². The van der Waals surface area contributed by atoms with E-state index in [4.69, 9.17) is 4.74 Å². The van der Waals surface area contributed by atoms with E-state index in [1.165, 1.54) is 16.9 Å². The number of amides is 1. The van der Waals surface area contributed by atoms with Gasteiger partial charge in [-0.05, 0) is 46.9 Å². The maximum atomic E-state index is 12.4. The van der Waals surface area contributed by atoms with Gasteiger partial charge in [-0.25, -0.2) is 0 Å². The number of rotatable bonds is 5. The summed E-state index contributed by atoms with van der Waals surface area (Å²) in [4.78, 5) is 12.4. The summed E-state index contributed by atoms with van der Waals surface area (Å²) in [7, 11) is 1.64. The van der Waals surface area contributed by atoms with Crippen molar-refractivity contribution < 1.29 is 9.53 Å². The fraction of sp³-hybridized carbons (Fsp3) is 0.227. The van der Waals surface area contributed by atoms with Gasteiger partial charge in [0, 0.05) is 5.56 Å². The fourth-order valence-electron chi connectivity index (χ4n) is 2.53. The van der Waals surface area contributed by atoms with Crippen molar-refractivity contribution in [2.75, 3.05) is 12.4 Å². The first-order valence-electron chi connectivity index (χ1n) is 8.93. The molecule has 0 aliphatic carbocycles. The SMILES string of the molecule is COc1ccc(/C=C/c2nnc(NC(=O)c3ccc(C(C)(C)C)cc3)s2)cc1. The fourth-order valence-corrected chi connectivity index (χ4v) is 3.17. The predicted molar refractivity (Wildman–Crippen MR) is 115 cm³/mol. The highest BCUT2D eigenvalue weighted by Crippen LogP contribution is 2.23. The van der Waals surface area contributed by atoms with Gasteiger partial charge < -0.3 is 4.74 Å². The second-order valence-corrected chi connectivity index (χ2v) is 8.34. The third kappa shape index (κ3) is 5.04. The minimum atomic E-state index is -0.192. The van der Waals surface area contributed by atoms with Crippen molar-refractivity contribution in [1.29, 1.82) is 0 Å². The quantitative estimate of drug-likeness (QED) is 0.642. The first-order valence-corrected chi connectivity index (χ1v) is 9.74. The molecule has 5 nitrogen and oxygen atoms in total. The zero-order valence-electron chi connectivity index (χ0n) is 16.4. The molecule has 0 bridgehead atoms. The Labute approximate surface area is 169 Å². The normalized spacial score (nSPS) is 11.6. The molecule has 3 rings (SSSR count). The molecule has 1 heterocycles. The van der Waals surface area contributed by atoms with Crippen LogP contribution in [0.15, 0.2) is 48.5 Å². The molecule has 0 unspecified atom stereocenters. The number of hydrogen-bond donors (Lipinski definition) is 1. The van der Waals surface area contributed by atoms with Crippen molar-refractivity contribution in [3.63, 3.8) is 0 Å². The molecule has 2 aromatic carbocycles. The zero-order chi connectivity index (χ0) is 20.1. The lowest BCUT2D eigenvalue weighted by molar-refractivity contribution is 0.102. The van der Waals surface area contributed by atoms with Crippen molar-refractivity contribution in [2.45, 2.75) is 26.2 Å². The smallest absolute Gasteiger partial charge is 0.257 e. The number of hydrogen-bond acceptors (Lipinski definition) is 5. The summed E-state index contributed by atoms with van der Waals surface area (Å²) in [5, 5.41) is 12.1. The zero-order valence-corrected chi connectivity index (χ0v) is 17.2. The van der Waals surface area contributed by atoms with Crippen LogP contribution in [0.1, 0.15) is 47.3 Å². The van der Waals surface area contributed by atoms with Gasteiger partial charge in [-0.2, -0.15) is 0 Å². The summed E-state index contributed by atoms with van der Waals surface area (Å²) in [5.74, 6) is 0.621. The summed E-state index contributed by atoms with van der Waals surface area (Å²) < 4.78 is 5.15. The summed E-state index contributed by atoms with van der Waals surface area (Å²) in [6.07, 6.45) is 3.81. The maximum absolute atomic E-state index is 12.4. The Morgan fingerprint density at radius 3 is 2.29 bits per heavy atom. The van der Waals surface area contributed by atoms with Crippen LogP contribution >= 0.6 is 11.3 Å². The minimum absolute atomic E-state index is 0.0549. The first-order chi connectivity index (χ1) is 13.3. The standard InChI is InChI=1S/C22H23N3O2S/c1-22(2,3)17-10-8-16(9-11-17)20(26)23-21-25-24-19(28-21)14-7-15-5-12-18(27-4)13-6-15/h5-14H,1-4H3,(H,23,25,26)/b14-7+. The molecule has 0 aliphatic heterocycles.